The van der Waals surface area contributed by atoms with E-state index < -0.39 is 15.9 Å². The number of carbonyl (C=O) groups is 1. The first kappa shape index (κ1) is 15.7. The highest BCUT2D eigenvalue weighted by atomic mass is 32.2. The smallest absolute Gasteiger partial charge is 0.248 e. The SMILES string of the molecule is CN1CCCC(NS(=O)(=O)c2ccc(C(N)=O)cc2N)C1. The quantitative estimate of drug-likeness (QED) is 0.662. The third kappa shape index (κ3) is 3.72. The lowest BCUT2D eigenvalue weighted by molar-refractivity contribution is 0.1000. The summed E-state index contributed by atoms with van der Waals surface area (Å²) >= 11 is 0. The molecule has 8 heteroatoms. The number of amides is 1. The van der Waals surface area contributed by atoms with Crippen LogP contribution in [0, 0.1) is 0 Å². The van der Waals surface area contributed by atoms with Gasteiger partial charge in [-0.1, -0.05) is 0 Å². The number of primary amides is 1. The molecule has 5 N–H and O–H groups in total. The van der Waals surface area contributed by atoms with Crippen LogP contribution in [0.25, 0.3) is 0 Å². The summed E-state index contributed by atoms with van der Waals surface area (Å²) in [5, 5.41) is 0. The molecule has 0 saturated carbocycles. The van der Waals surface area contributed by atoms with Gasteiger partial charge in [-0.05, 0) is 44.6 Å². The van der Waals surface area contributed by atoms with Crippen LogP contribution in [-0.4, -0.2) is 45.4 Å². The summed E-state index contributed by atoms with van der Waals surface area (Å²) < 4.78 is 27.4. The van der Waals surface area contributed by atoms with Crippen LogP contribution in [0.3, 0.4) is 0 Å². The Hall–Kier alpha value is -1.64. The van der Waals surface area contributed by atoms with E-state index in [1.807, 2.05) is 7.05 Å². The fourth-order valence-electron chi connectivity index (χ4n) is 2.49. The Labute approximate surface area is 124 Å². The first-order chi connectivity index (χ1) is 9.79. The summed E-state index contributed by atoms with van der Waals surface area (Å²) in [5.41, 5.74) is 11.1. The van der Waals surface area contributed by atoms with E-state index in [-0.39, 0.29) is 22.2 Å². The number of hydrogen-bond acceptors (Lipinski definition) is 5. The van der Waals surface area contributed by atoms with E-state index in [1.165, 1.54) is 18.2 Å². The molecule has 21 heavy (non-hydrogen) atoms. The topological polar surface area (TPSA) is 119 Å². The van der Waals surface area contributed by atoms with Crippen molar-refractivity contribution in [3.05, 3.63) is 23.8 Å². The lowest BCUT2D eigenvalue weighted by Gasteiger charge is -2.30. The Morgan fingerprint density at radius 3 is 2.71 bits per heavy atom. The van der Waals surface area contributed by atoms with Gasteiger partial charge in [0.25, 0.3) is 0 Å². The second-order valence-corrected chi connectivity index (χ2v) is 7.02. The number of nitrogens with one attached hydrogen (secondary N) is 1. The maximum absolute atomic E-state index is 12.4. The third-order valence-corrected chi connectivity index (χ3v) is 5.12. The molecule has 1 atom stereocenters. The van der Waals surface area contributed by atoms with Gasteiger partial charge in [-0.3, -0.25) is 4.79 Å². The van der Waals surface area contributed by atoms with E-state index in [2.05, 4.69) is 9.62 Å². The van der Waals surface area contributed by atoms with Crippen molar-refractivity contribution in [1.82, 2.24) is 9.62 Å². The molecule has 0 bridgehead atoms. The van der Waals surface area contributed by atoms with Gasteiger partial charge in [0.1, 0.15) is 4.90 Å². The van der Waals surface area contributed by atoms with Crippen molar-refractivity contribution in [1.29, 1.82) is 0 Å². The summed E-state index contributed by atoms with van der Waals surface area (Å²) in [5.74, 6) is -0.646. The summed E-state index contributed by atoms with van der Waals surface area (Å²) in [6, 6.07) is 3.82. The molecule has 1 unspecified atom stereocenters. The molecule has 1 aliphatic heterocycles. The van der Waals surface area contributed by atoms with Crippen molar-refractivity contribution in [2.75, 3.05) is 25.9 Å². The number of likely N-dealkylation sites (tertiary alicyclic amines) is 1. The van der Waals surface area contributed by atoms with E-state index in [0.717, 1.165) is 19.4 Å². The predicted molar refractivity (Wildman–Crippen MR) is 80.2 cm³/mol. The molecular formula is C13H20N4O3S. The number of rotatable bonds is 4. The van der Waals surface area contributed by atoms with Gasteiger partial charge >= 0.3 is 0 Å². The Morgan fingerprint density at radius 1 is 1.43 bits per heavy atom. The van der Waals surface area contributed by atoms with E-state index in [0.29, 0.717) is 6.54 Å². The Kier molecular flexibility index (Phi) is 4.50. The van der Waals surface area contributed by atoms with Crippen LogP contribution >= 0.6 is 0 Å². The molecule has 1 aromatic rings. The monoisotopic (exact) mass is 312 g/mol. The van der Waals surface area contributed by atoms with Crippen LogP contribution in [0.4, 0.5) is 5.69 Å². The molecule has 2 rings (SSSR count). The predicted octanol–water partition coefficient (Wildman–Crippen LogP) is -0.260. The van der Waals surface area contributed by atoms with Gasteiger partial charge < -0.3 is 16.4 Å². The van der Waals surface area contributed by atoms with Crippen LogP contribution < -0.4 is 16.2 Å². The van der Waals surface area contributed by atoms with E-state index >= 15 is 0 Å². The zero-order valence-corrected chi connectivity index (χ0v) is 12.7. The number of benzene rings is 1. The van der Waals surface area contributed by atoms with E-state index in [1.54, 1.807) is 0 Å². The van der Waals surface area contributed by atoms with Crippen LogP contribution in [0.2, 0.25) is 0 Å². The number of nitrogen functional groups attached to an aromatic ring is 1. The molecule has 0 aliphatic carbocycles. The number of piperidine rings is 1. The fourth-order valence-corrected chi connectivity index (χ4v) is 3.87. The fraction of sp³-hybridized carbons (Fsp3) is 0.462. The first-order valence-corrected chi connectivity index (χ1v) is 8.18. The molecule has 0 aromatic heterocycles. The minimum absolute atomic E-state index is 0.0166. The van der Waals surface area contributed by atoms with Crippen molar-refractivity contribution in [2.24, 2.45) is 5.73 Å². The van der Waals surface area contributed by atoms with Crippen LogP contribution in [0.1, 0.15) is 23.2 Å². The molecular weight excluding hydrogens is 292 g/mol. The Balaban J connectivity index is 2.21. The van der Waals surface area contributed by atoms with E-state index in [4.69, 9.17) is 11.5 Å². The maximum Gasteiger partial charge on any atom is 0.248 e. The summed E-state index contributed by atoms with van der Waals surface area (Å²) in [6.45, 7) is 1.63. The average molecular weight is 312 g/mol. The van der Waals surface area contributed by atoms with Gasteiger partial charge in [0.05, 0.1) is 5.69 Å². The molecule has 1 aliphatic rings. The minimum Gasteiger partial charge on any atom is -0.398 e. The van der Waals surface area contributed by atoms with Crippen LogP contribution in [0.5, 0.6) is 0 Å². The second-order valence-electron chi connectivity index (χ2n) is 5.34. The van der Waals surface area contributed by atoms with Crippen molar-refractivity contribution in [2.45, 2.75) is 23.8 Å². The van der Waals surface area contributed by atoms with Crippen molar-refractivity contribution >= 4 is 21.6 Å². The van der Waals surface area contributed by atoms with Gasteiger partial charge in [0.2, 0.25) is 15.9 Å². The van der Waals surface area contributed by atoms with Crippen molar-refractivity contribution in [3.8, 4) is 0 Å². The number of anilines is 1. The molecule has 1 aromatic carbocycles. The molecule has 116 valence electrons. The van der Waals surface area contributed by atoms with Gasteiger partial charge in [0, 0.05) is 18.2 Å². The number of likely N-dealkylation sites (N-methyl/N-ethyl adjacent to an activating group) is 1. The number of sulfonamides is 1. The molecule has 0 radical (unpaired) electrons. The lowest BCUT2D eigenvalue weighted by atomic mass is 10.1. The van der Waals surface area contributed by atoms with E-state index in [9.17, 15) is 13.2 Å². The van der Waals surface area contributed by atoms with Crippen LogP contribution in [0.15, 0.2) is 23.1 Å². The van der Waals surface area contributed by atoms with Crippen LogP contribution in [-0.2, 0) is 10.0 Å². The third-order valence-electron chi connectivity index (χ3n) is 3.53. The lowest BCUT2D eigenvalue weighted by Crippen LogP contribution is -2.46. The normalized spacial score (nSPS) is 20.3. The van der Waals surface area contributed by atoms with Gasteiger partial charge in [-0.25, -0.2) is 13.1 Å². The molecule has 1 heterocycles. The number of nitrogens with zero attached hydrogens (tertiary/aromatic N) is 1. The summed E-state index contributed by atoms with van der Waals surface area (Å²) in [7, 11) is -1.76. The highest BCUT2D eigenvalue weighted by Crippen LogP contribution is 2.21. The van der Waals surface area contributed by atoms with Gasteiger partial charge in [0.15, 0.2) is 0 Å². The summed E-state index contributed by atoms with van der Waals surface area (Å²) in [6.07, 6.45) is 1.74. The standard InChI is InChI=1S/C13H20N4O3S/c1-17-6-2-3-10(8-17)16-21(19,20)12-5-4-9(13(15)18)7-11(12)14/h4-5,7,10,16H,2-3,6,8,14H2,1H3,(H2,15,18). The number of nitrogens with two attached hydrogens (primary N) is 2. The molecule has 7 nitrogen and oxygen atoms in total. The molecule has 1 saturated heterocycles. The zero-order chi connectivity index (χ0) is 15.6. The van der Waals surface area contributed by atoms with Crippen molar-refractivity contribution in [3.63, 3.8) is 0 Å². The molecule has 1 fully saturated rings. The Bertz CT molecular complexity index is 645. The maximum atomic E-state index is 12.4. The second kappa shape index (κ2) is 6.00. The van der Waals surface area contributed by atoms with Gasteiger partial charge in [-0.15, -0.1) is 0 Å². The first-order valence-electron chi connectivity index (χ1n) is 6.70. The molecule has 1 amide bonds. The summed E-state index contributed by atoms with van der Waals surface area (Å²) in [4.78, 5) is 13.1. The zero-order valence-electron chi connectivity index (χ0n) is 11.9. The highest BCUT2D eigenvalue weighted by Gasteiger charge is 2.25. The minimum atomic E-state index is -3.71. The number of hydrogen-bond donors (Lipinski definition) is 3. The average Bonchev–Trinajstić information content (AvgIpc) is 2.37. The molecule has 0 spiro atoms. The largest absolute Gasteiger partial charge is 0.398 e. The Morgan fingerprint density at radius 2 is 2.14 bits per heavy atom. The highest BCUT2D eigenvalue weighted by molar-refractivity contribution is 7.89. The van der Waals surface area contributed by atoms with Gasteiger partial charge in [-0.2, -0.15) is 0 Å². The van der Waals surface area contributed by atoms with Crippen molar-refractivity contribution < 1.29 is 13.2 Å². The number of carbonyl (C=O) groups excluding carboxylic acids is 1.